The Hall–Kier alpha value is -2.04. The molecule has 1 N–H and O–H groups in total. The standard InChI is InChI=1S/C17H16Cl2N2O2/c1-2-23-17-14(18)8-13(9-15(17)19)11-20-21-16(22)10-12-6-4-3-5-7-12/h3-9,11H,2,10H2,1H3,(H,21,22)/b20-11-. The molecule has 1 amide bonds. The van der Waals surface area contributed by atoms with Crippen molar-refractivity contribution in [2.45, 2.75) is 13.3 Å². The molecule has 0 saturated carbocycles. The van der Waals surface area contributed by atoms with Crippen molar-refractivity contribution < 1.29 is 9.53 Å². The van der Waals surface area contributed by atoms with Crippen molar-refractivity contribution in [1.29, 1.82) is 0 Å². The topological polar surface area (TPSA) is 50.7 Å². The zero-order valence-corrected chi connectivity index (χ0v) is 14.1. The third-order valence-corrected chi connectivity index (χ3v) is 3.48. The summed E-state index contributed by atoms with van der Waals surface area (Å²) in [5.74, 6) is 0.247. The molecule has 0 unspecified atom stereocenters. The Bertz CT molecular complexity index is 680. The van der Waals surface area contributed by atoms with E-state index in [-0.39, 0.29) is 12.3 Å². The molecule has 0 radical (unpaired) electrons. The van der Waals surface area contributed by atoms with Crippen LogP contribution in [0.5, 0.6) is 5.75 Å². The van der Waals surface area contributed by atoms with Gasteiger partial charge < -0.3 is 4.74 Å². The molecule has 0 heterocycles. The summed E-state index contributed by atoms with van der Waals surface area (Å²) >= 11 is 12.2. The lowest BCUT2D eigenvalue weighted by molar-refractivity contribution is -0.120. The Morgan fingerprint density at radius 2 is 1.87 bits per heavy atom. The van der Waals surface area contributed by atoms with Gasteiger partial charge in [0, 0.05) is 0 Å². The molecule has 6 heteroatoms. The third kappa shape index (κ3) is 5.27. The van der Waals surface area contributed by atoms with E-state index in [4.69, 9.17) is 27.9 Å². The molecule has 0 aliphatic rings. The molecule has 23 heavy (non-hydrogen) atoms. The maximum absolute atomic E-state index is 11.8. The van der Waals surface area contributed by atoms with E-state index in [1.165, 1.54) is 6.21 Å². The highest BCUT2D eigenvalue weighted by atomic mass is 35.5. The molecule has 0 atom stereocenters. The summed E-state index contributed by atoms with van der Waals surface area (Å²) in [7, 11) is 0. The minimum absolute atomic E-state index is 0.199. The van der Waals surface area contributed by atoms with Gasteiger partial charge in [-0.05, 0) is 30.2 Å². The van der Waals surface area contributed by atoms with Crippen molar-refractivity contribution in [2.75, 3.05) is 6.61 Å². The zero-order chi connectivity index (χ0) is 16.7. The zero-order valence-electron chi connectivity index (χ0n) is 12.6. The number of nitrogens with one attached hydrogen (secondary N) is 1. The Morgan fingerprint density at radius 1 is 1.22 bits per heavy atom. The van der Waals surface area contributed by atoms with Crippen molar-refractivity contribution in [3.05, 3.63) is 63.6 Å². The monoisotopic (exact) mass is 350 g/mol. The fraction of sp³-hybridized carbons (Fsp3) is 0.176. The average molecular weight is 351 g/mol. The summed E-state index contributed by atoms with van der Waals surface area (Å²) in [5.41, 5.74) is 4.06. The van der Waals surface area contributed by atoms with Gasteiger partial charge in [0.25, 0.3) is 0 Å². The molecular weight excluding hydrogens is 335 g/mol. The largest absolute Gasteiger partial charge is 0.491 e. The Kier molecular flexibility index (Phi) is 6.44. The van der Waals surface area contributed by atoms with Gasteiger partial charge >= 0.3 is 0 Å². The quantitative estimate of drug-likeness (QED) is 0.630. The van der Waals surface area contributed by atoms with Gasteiger partial charge in [-0.3, -0.25) is 4.79 Å². The number of hydrazone groups is 1. The van der Waals surface area contributed by atoms with E-state index in [0.717, 1.165) is 5.56 Å². The van der Waals surface area contributed by atoms with Crippen LogP contribution in [0.25, 0.3) is 0 Å². The molecule has 0 bridgehead atoms. The average Bonchev–Trinajstić information content (AvgIpc) is 2.52. The Labute approximate surface area is 145 Å². The number of amides is 1. The number of halogens is 2. The van der Waals surface area contributed by atoms with Crippen LogP contribution in [0, 0.1) is 0 Å². The number of ether oxygens (including phenoxy) is 1. The first-order valence-corrected chi connectivity index (χ1v) is 7.83. The maximum atomic E-state index is 11.8. The number of hydrogen-bond acceptors (Lipinski definition) is 3. The van der Waals surface area contributed by atoms with Crippen molar-refractivity contribution in [3.8, 4) is 5.75 Å². The van der Waals surface area contributed by atoms with Crippen LogP contribution in [0.2, 0.25) is 10.0 Å². The van der Waals surface area contributed by atoms with Crippen LogP contribution in [-0.4, -0.2) is 18.7 Å². The second-order valence-corrected chi connectivity index (χ2v) is 5.52. The van der Waals surface area contributed by atoms with Gasteiger partial charge in [-0.2, -0.15) is 5.10 Å². The summed E-state index contributed by atoms with van der Waals surface area (Å²) in [6.07, 6.45) is 1.75. The van der Waals surface area contributed by atoms with Crippen molar-refractivity contribution >= 4 is 35.3 Å². The van der Waals surface area contributed by atoms with Crippen LogP contribution >= 0.6 is 23.2 Å². The van der Waals surface area contributed by atoms with Gasteiger partial charge in [0.1, 0.15) is 0 Å². The molecule has 0 aliphatic heterocycles. The van der Waals surface area contributed by atoms with Gasteiger partial charge in [-0.1, -0.05) is 53.5 Å². The number of hydrogen-bond donors (Lipinski definition) is 1. The van der Waals surface area contributed by atoms with E-state index in [1.54, 1.807) is 12.1 Å². The SMILES string of the molecule is CCOc1c(Cl)cc(/C=N\NC(=O)Cc2ccccc2)cc1Cl. The first kappa shape index (κ1) is 17.3. The molecule has 4 nitrogen and oxygen atoms in total. The number of benzene rings is 2. The minimum atomic E-state index is -0.199. The fourth-order valence-corrected chi connectivity index (χ4v) is 2.55. The van der Waals surface area contributed by atoms with Crippen LogP contribution < -0.4 is 10.2 Å². The van der Waals surface area contributed by atoms with Gasteiger partial charge in [-0.25, -0.2) is 5.43 Å². The number of nitrogens with zero attached hydrogens (tertiary/aromatic N) is 1. The van der Waals surface area contributed by atoms with Gasteiger partial charge in [-0.15, -0.1) is 0 Å². The second kappa shape index (κ2) is 8.56. The lowest BCUT2D eigenvalue weighted by atomic mass is 10.1. The van der Waals surface area contributed by atoms with Crippen molar-refractivity contribution in [2.24, 2.45) is 5.10 Å². The highest BCUT2D eigenvalue weighted by Gasteiger charge is 2.08. The lowest BCUT2D eigenvalue weighted by Crippen LogP contribution is -2.19. The van der Waals surface area contributed by atoms with Crippen LogP contribution in [0.15, 0.2) is 47.6 Å². The highest BCUT2D eigenvalue weighted by Crippen LogP contribution is 2.33. The molecule has 0 aliphatic carbocycles. The molecule has 120 valence electrons. The Balaban J connectivity index is 1.96. The lowest BCUT2D eigenvalue weighted by Gasteiger charge is -2.08. The number of carbonyl (C=O) groups is 1. The highest BCUT2D eigenvalue weighted by molar-refractivity contribution is 6.37. The molecule has 2 aromatic carbocycles. The van der Waals surface area contributed by atoms with Gasteiger partial charge in [0.15, 0.2) is 5.75 Å². The summed E-state index contributed by atoms with van der Waals surface area (Å²) < 4.78 is 5.35. The number of carbonyl (C=O) groups excluding carboxylic acids is 1. The third-order valence-electron chi connectivity index (χ3n) is 2.92. The van der Waals surface area contributed by atoms with E-state index in [9.17, 15) is 4.79 Å². The summed E-state index contributed by atoms with van der Waals surface area (Å²) in [6, 6.07) is 12.8. The van der Waals surface area contributed by atoms with Crippen molar-refractivity contribution in [1.82, 2.24) is 5.43 Å². The van der Waals surface area contributed by atoms with Gasteiger partial charge in [0.05, 0.1) is 29.3 Å². The van der Waals surface area contributed by atoms with E-state index in [1.807, 2.05) is 37.3 Å². The van der Waals surface area contributed by atoms with Gasteiger partial charge in [0.2, 0.25) is 5.91 Å². The smallest absolute Gasteiger partial charge is 0.244 e. The predicted octanol–water partition coefficient (Wildman–Crippen LogP) is 4.08. The number of rotatable bonds is 6. The van der Waals surface area contributed by atoms with Crippen LogP contribution in [-0.2, 0) is 11.2 Å². The van der Waals surface area contributed by atoms with E-state index in [0.29, 0.717) is 28.0 Å². The molecule has 0 fully saturated rings. The molecule has 2 rings (SSSR count). The van der Waals surface area contributed by atoms with E-state index in [2.05, 4.69) is 10.5 Å². The summed E-state index contributed by atoms with van der Waals surface area (Å²) in [5, 5.41) is 4.71. The first-order valence-electron chi connectivity index (χ1n) is 7.07. The van der Waals surface area contributed by atoms with E-state index >= 15 is 0 Å². The predicted molar refractivity (Wildman–Crippen MR) is 93.5 cm³/mol. The summed E-state index contributed by atoms with van der Waals surface area (Å²) in [4.78, 5) is 11.8. The van der Waals surface area contributed by atoms with Crippen LogP contribution in [0.4, 0.5) is 0 Å². The van der Waals surface area contributed by atoms with Crippen LogP contribution in [0.1, 0.15) is 18.1 Å². The molecule has 2 aromatic rings. The molecule has 0 aromatic heterocycles. The summed E-state index contributed by atoms with van der Waals surface area (Å²) in [6.45, 7) is 2.33. The minimum Gasteiger partial charge on any atom is -0.491 e. The normalized spacial score (nSPS) is 10.7. The first-order chi connectivity index (χ1) is 11.1. The molecule has 0 spiro atoms. The Morgan fingerprint density at radius 3 is 2.48 bits per heavy atom. The fourth-order valence-electron chi connectivity index (χ4n) is 1.94. The molecular formula is C17H16Cl2N2O2. The van der Waals surface area contributed by atoms with E-state index < -0.39 is 0 Å². The molecule has 0 saturated heterocycles. The van der Waals surface area contributed by atoms with Crippen LogP contribution in [0.3, 0.4) is 0 Å². The van der Waals surface area contributed by atoms with Crippen molar-refractivity contribution in [3.63, 3.8) is 0 Å². The second-order valence-electron chi connectivity index (χ2n) is 4.70. The maximum Gasteiger partial charge on any atom is 0.244 e.